The Labute approximate surface area is 134 Å². The lowest BCUT2D eigenvalue weighted by molar-refractivity contribution is -0.135. The van der Waals surface area contributed by atoms with Gasteiger partial charge in [-0.15, -0.1) is 0 Å². The molecule has 0 aliphatic carbocycles. The highest BCUT2D eigenvalue weighted by Gasteiger charge is 2.14. The summed E-state index contributed by atoms with van der Waals surface area (Å²) >= 11 is 0. The average Bonchev–Trinajstić information content (AvgIpc) is 2.54. The molecule has 2 amide bonds. The van der Waals surface area contributed by atoms with Gasteiger partial charge >= 0.3 is 0 Å². The minimum atomic E-state index is -0.320. The topological polar surface area (TPSA) is 62.3 Å². The normalized spacial score (nSPS) is 10.2. The van der Waals surface area contributed by atoms with Gasteiger partial charge in [0.1, 0.15) is 5.82 Å². The van der Waals surface area contributed by atoms with Crippen molar-refractivity contribution in [2.24, 2.45) is 0 Å². The molecule has 0 saturated carbocycles. The molecule has 5 nitrogen and oxygen atoms in total. The molecule has 1 aromatic heterocycles. The van der Waals surface area contributed by atoms with Gasteiger partial charge in [-0.3, -0.25) is 14.6 Å². The van der Waals surface area contributed by atoms with Gasteiger partial charge in [-0.05, 0) is 29.3 Å². The predicted octanol–water partition coefficient (Wildman–Crippen LogP) is 1.89. The first-order chi connectivity index (χ1) is 11.0. The smallest absolute Gasteiger partial charge is 0.239 e. The Hall–Kier alpha value is -2.76. The molecule has 6 heteroatoms. The Morgan fingerprint density at radius 2 is 1.91 bits per heavy atom. The van der Waals surface area contributed by atoms with Crippen LogP contribution in [0.5, 0.6) is 0 Å². The predicted molar refractivity (Wildman–Crippen MR) is 83.6 cm³/mol. The van der Waals surface area contributed by atoms with Crippen LogP contribution < -0.4 is 5.32 Å². The largest absolute Gasteiger partial charge is 0.350 e. The van der Waals surface area contributed by atoms with Gasteiger partial charge in [-0.2, -0.15) is 0 Å². The van der Waals surface area contributed by atoms with Gasteiger partial charge in [0.05, 0.1) is 6.54 Å². The van der Waals surface area contributed by atoms with Crippen molar-refractivity contribution in [1.29, 1.82) is 0 Å². The number of hydrogen-bond acceptors (Lipinski definition) is 3. The maximum absolute atomic E-state index is 12.8. The summed E-state index contributed by atoms with van der Waals surface area (Å²) in [6.45, 7) is 2.00. The quantitative estimate of drug-likeness (QED) is 0.885. The number of nitrogens with one attached hydrogen (secondary N) is 1. The third-order valence-corrected chi connectivity index (χ3v) is 3.28. The summed E-state index contributed by atoms with van der Waals surface area (Å²) in [6.07, 6.45) is 3.31. The maximum atomic E-state index is 12.8. The number of carbonyl (C=O) groups excluding carboxylic acids is 2. The fourth-order valence-corrected chi connectivity index (χ4v) is 2.02. The molecule has 0 bridgehead atoms. The molecule has 23 heavy (non-hydrogen) atoms. The number of nitrogens with zero attached hydrogens (tertiary/aromatic N) is 2. The second-order valence-corrected chi connectivity index (χ2v) is 5.14. The zero-order chi connectivity index (χ0) is 16.7. The van der Waals surface area contributed by atoms with E-state index < -0.39 is 0 Å². The highest BCUT2D eigenvalue weighted by atomic mass is 19.1. The number of halogens is 1. The molecule has 0 spiro atoms. The van der Waals surface area contributed by atoms with E-state index in [0.29, 0.717) is 6.54 Å². The fourth-order valence-electron chi connectivity index (χ4n) is 2.02. The Kier molecular flexibility index (Phi) is 5.80. The van der Waals surface area contributed by atoms with Gasteiger partial charge in [0.15, 0.2) is 0 Å². The van der Waals surface area contributed by atoms with Crippen molar-refractivity contribution in [2.45, 2.75) is 20.0 Å². The van der Waals surface area contributed by atoms with Gasteiger partial charge < -0.3 is 10.2 Å². The average molecular weight is 315 g/mol. The van der Waals surface area contributed by atoms with E-state index in [1.165, 1.54) is 24.0 Å². The van der Waals surface area contributed by atoms with E-state index in [4.69, 9.17) is 0 Å². The van der Waals surface area contributed by atoms with Crippen LogP contribution in [-0.2, 0) is 22.7 Å². The maximum Gasteiger partial charge on any atom is 0.239 e. The van der Waals surface area contributed by atoms with Crippen molar-refractivity contribution in [1.82, 2.24) is 15.2 Å². The van der Waals surface area contributed by atoms with Crippen LogP contribution in [0.1, 0.15) is 18.1 Å². The van der Waals surface area contributed by atoms with E-state index >= 15 is 0 Å². The number of aromatic nitrogens is 1. The molecule has 120 valence electrons. The fraction of sp³-hybridized carbons (Fsp3) is 0.235. The van der Waals surface area contributed by atoms with Crippen molar-refractivity contribution in [3.05, 3.63) is 65.7 Å². The van der Waals surface area contributed by atoms with E-state index in [1.807, 2.05) is 6.07 Å². The minimum absolute atomic E-state index is 0.0363. The van der Waals surface area contributed by atoms with Gasteiger partial charge in [-0.25, -0.2) is 4.39 Å². The summed E-state index contributed by atoms with van der Waals surface area (Å²) in [7, 11) is 0. The van der Waals surface area contributed by atoms with Crippen LogP contribution in [0.3, 0.4) is 0 Å². The molecule has 2 rings (SSSR count). The Bertz CT molecular complexity index is 659. The van der Waals surface area contributed by atoms with Gasteiger partial charge in [0.2, 0.25) is 11.8 Å². The van der Waals surface area contributed by atoms with E-state index in [9.17, 15) is 14.0 Å². The zero-order valence-corrected chi connectivity index (χ0v) is 12.8. The standard InChI is InChI=1S/C17H18FN3O2/c1-13(22)21(11-15-3-2-8-19-9-15)12-17(23)20-10-14-4-6-16(18)7-5-14/h2-9H,10-12H2,1H3,(H,20,23). The van der Waals surface area contributed by atoms with E-state index in [1.54, 1.807) is 30.6 Å². The lowest BCUT2D eigenvalue weighted by Gasteiger charge is -2.20. The van der Waals surface area contributed by atoms with E-state index in [0.717, 1.165) is 11.1 Å². The summed E-state index contributed by atoms with van der Waals surface area (Å²) in [4.78, 5) is 29.1. The third-order valence-electron chi connectivity index (χ3n) is 3.28. The molecule has 0 atom stereocenters. The number of carbonyl (C=O) groups is 2. The molecule has 1 N–H and O–H groups in total. The molecule has 0 unspecified atom stereocenters. The lowest BCUT2D eigenvalue weighted by atomic mass is 10.2. The Morgan fingerprint density at radius 3 is 2.52 bits per heavy atom. The number of rotatable bonds is 6. The van der Waals surface area contributed by atoms with Gasteiger partial charge in [0.25, 0.3) is 0 Å². The first-order valence-electron chi connectivity index (χ1n) is 7.20. The molecule has 1 heterocycles. The van der Waals surface area contributed by atoms with Crippen molar-refractivity contribution in [2.75, 3.05) is 6.54 Å². The molecule has 0 fully saturated rings. The second kappa shape index (κ2) is 8.03. The van der Waals surface area contributed by atoms with E-state index in [2.05, 4.69) is 10.3 Å². The van der Waals surface area contributed by atoms with Crippen LogP contribution in [0.4, 0.5) is 4.39 Å². The van der Waals surface area contributed by atoms with Crippen LogP contribution in [0.15, 0.2) is 48.8 Å². The minimum Gasteiger partial charge on any atom is -0.350 e. The van der Waals surface area contributed by atoms with E-state index in [-0.39, 0.29) is 30.7 Å². The van der Waals surface area contributed by atoms with Gasteiger partial charge in [-0.1, -0.05) is 18.2 Å². The molecular weight excluding hydrogens is 297 g/mol. The molecule has 2 aromatic rings. The van der Waals surface area contributed by atoms with Crippen molar-refractivity contribution in [3.63, 3.8) is 0 Å². The SMILES string of the molecule is CC(=O)N(CC(=O)NCc1ccc(F)cc1)Cc1cccnc1. The molecule has 1 aromatic carbocycles. The van der Waals surface area contributed by atoms with Crippen LogP contribution in [0.25, 0.3) is 0 Å². The molecule has 0 saturated heterocycles. The number of pyridine rings is 1. The van der Waals surface area contributed by atoms with Crippen LogP contribution in [-0.4, -0.2) is 28.2 Å². The lowest BCUT2D eigenvalue weighted by Crippen LogP contribution is -2.39. The first-order valence-corrected chi connectivity index (χ1v) is 7.20. The number of benzene rings is 1. The zero-order valence-electron chi connectivity index (χ0n) is 12.8. The summed E-state index contributed by atoms with van der Waals surface area (Å²) in [5.41, 5.74) is 1.65. The van der Waals surface area contributed by atoms with Crippen molar-refractivity contribution >= 4 is 11.8 Å². The number of amides is 2. The molecule has 0 aliphatic rings. The molecular formula is C17H18FN3O2. The monoisotopic (exact) mass is 315 g/mol. The first kappa shape index (κ1) is 16.6. The Balaban J connectivity index is 1.88. The molecule has 0 aliphatic heterocycles. The Morgan fingerprint density at radius 1 is 1.17 bits per heavy atom. The summed E-state index contributed by atoms with van der Waals surface area (Å²) in [5.74, 6) is -0.779. The summed E-state index contributed by atoms with van der Waals surface area (Å²) in [6, 6.07) is 9.52. The summed E-state index contributed by atoms with van der Waals surface area (Å²) < 4.78 is 12.8. The van der Waals surface area contributed by atoms with Crippen LogP contribution in [0.2, 0.25) is 0 Å². The van der Waals surface area contributed by atoms with Crippen LogP contribution >= 0.6 is 0 Å². The highest BCUT2D eigenvalue weighted by Crippen LogP contribution is 2.04. The van der Waals surface area contributed by atoms with Gasteiger partial charge in [0, 0.05) is 32.4 Å². The number of hydrogen-bond donors (Lipinski definition) is 1. The second-order valence-electron chi connectivity index (χ2n) is 5.14. The summed E-state index contributed by atoms with van der Waals surface area (Å²) in [5, 5.41) is 2.72. The van der Waals surface area contributed by atoms with Crippen molar-refractivity contribution in [3.8, 4) is 0 Å². The highest BCUT2D eigenvalue weighted by molar-refractivity contribution is 5.83. The van der Waals surface area contributed by atoms with Crippen LogP contribution in [0, 0.1) is 5.82 Å². The molecule has 0 radical (unpaired) electrons. The van der Waals surface area contributed by atoms with Crippen molar-refractivity contribution < 1.29 is 14.0 Å². The third kappa shape index (κ3) is 5.50.